The number of hydrogen-bond acceptors (Lipinski definition) is 4. The van der Waals surface area contributed by atoms with Crippen molar-refractivity contribution in [2.75, 3.05) is 13.7 Å². The van der Waals surface area contributed by atoms with Gasteiger partial charge >= 0.3 is 0 Å². The average molecular weight is 369 g/mol. The van der Waals surface area contributed by atoms with Crippen LogP contribution in [0.15, 0.2) is 59.0 Å². The SMILES string of the molecule is COC[C@H](C)NC(=O)c1oc2ccccc2c1CSCc1ccccc1. The highest BCUT2D eigenvalue weighted by atomic mass is 32.2. The Labute approximate surface area is 157 Å². The van der Waals surface area contributed by atoms with Crippen LogP contribution in [-0.2, 0) is 16.2 Å². The second-order valence-corrected chi connectivity index (χ2v) is 7.20. The van der Waals surface area contributed by atoms with E-state index >= 15 is 0 Å². The molecule has 0 saturated carbocycles. The number of methoxy groups -OCH3 is 1. The summed E-state index contributed by atoms with van der Waals surface area (Å²) >= 11 is 1.77. The van der Waals surface area contributed by atoms with E-state index in [9.17, 15) is 4.79 Å². The molecule has 3 rings (SSSR count). The second-order valence-electron chi connectivity index (χ2n) is 6.21. The molecule has 0 aliphatic rings. The maximum atomic E-state index is 12.7. The van der Waals surface area contributed by atoms with Crippen LogP contribution in [0.25, 0.3) is 11.0 Å². The average Bonchev–Trinajstić information content (AvgIpc) is 3.02. The van der Waals surface area contributed by atoms with Gasteiger partial charge in [-0.3, -0.25) is 4.79 Å². The Bertz CT molecular complexity index is 860. The number of nitrogens with one attached hydrogen (secondary N) is 1. The molecule has 1 amide bonds. The lowest BCUT2D eigenvalue weighted by Gasteiger charge is -2.12. The van der Waals surface area contributed by atoms with E-state index < -0.39 is 0 Å². The van der Waals surface area contributed by atoms with Crippen molar-refractivity contribution in [2.24, 2.45) is 0 Å². The van der Waals surface area contributed by atoms with Crippen LogP contribution in [-0.4, -0.2) is 25.7 Å². The van der Waals surface area contributed by atoms with Crippen LogP contribution in [0.5, 0.6) is 0 Å². The van der Waals surface area contributed by atoms with Gasteiger partial charge in [0.05, 0.1) is 6.61 Å². The Morgan fingerprint density at radius 2 is 1.85 bits per heavy atom. The lowest BCUT2D eigenvalue weighted by Crippen LogP contribution is -2.35. The standard InChI is InChI=1S/C21H23NO3S/c1-15(12-24-2)22-21(23)20-18(17-10-6-7-11-19(17)25-20)14-26-13-16-8-4-3-5-9-16/h3-11,15H,12-14H2,1-2H3,(H,22,23)/t15-/m0/s1. The fraction of sp³-hybridized carbons (Fsp3) is 0.286. The van der Waals surface area contributed by atoms with Gasteiger partial charge in [0.2, 0.25) is 0 Å². The largest absolute Gasteiger partial charge is 0.451 e. The van der Waals surface area contributed by atoms with E-state index in [1.165, 1.54) is 5.56 Å². The first kappa shape index (κ1) is 18.5. The number of carbonyl (C=O) groups excluding carboxylic acids is 1. The van der Waals surface area contributed by atoms with Crippen molar-refractivity contribution < 1.29 is 13.9 Å². The Kier molecular flexibility index (Phi) is 6.36. The summed E-state index contributed by atoms with van der Waals surface area (Å²) in [7, 11) is 1.62. The van der Waals surface area contributed by atoms with Crippen LogP contribution in [0.1, 0.15) is 28.6 Å². The Hall–Kier alpha value is -2.24. The smallest absolute Gasteiger partial charge is 0.287 e. The summed E-state index contributed by atoms with van der Waals surface area (Å²) in [5, 5.41) is 3.94. The molecule has 0 bridgehead atoms. The zero-order chi connectivity index (χ0) is 18.4. The summed E-state index contributed by atoms with van der Waals surface area (Å²) < 4.78 is 11.0. The molecule has 0 spiro atoms. The van der Waals surface area contributed by atoms with E-state index in [4.69, 9.17) is 9.15 Å². The maximum Gasteiger partial charge on any atom is 0.287 e. The molecule has 0 fully saturated rings. The molecule has 136 valence electrons. The van der Waals surface area contributed by atoms with Crippen molar-refractivity contribution in [1.82, 2.24) is 5.32 Å². The molecule has 0 aliphatic heterocycles. The summed E-state index contributed by atoms with van der Waals surface area (Å²) in [6, 6.07) is 18.0. The third kappa shape index (κ3) is 4.48. The number of amides is 1. The van der Waals surface area contributed by atoms with E-state index in [1.807, 2.05) is 49.4 Å². The first-order valence-corrected chi connectivity index (χ1v) is 9.76. The minimum atomic E-state index is -0.193. The molecule has 26 heavy (non-hydrogen) atoms. The number of rotatable bonds is 8. The highest BCUT2D eigenvalue weighted by Crippen LogP contribution is 2.30. The van der Waals surface area contributed by atoms with Crippen LogP contribution < -0.4 is 5.32 Å². The molecular formula is C21H23NO3S. The van der Waals surface area contributed by atoms with Crippen LogP contribution in [0.2, 0.25) is 0 Å². The molecule has 1 aromatic heterocycles. The Morgan fingerprint density at radius 1 is 1.12 bits per heavy atom. The first-order chi connectivity index (χ1) is 12.7. The fourth-order valence-corrected chi connectivity index (χ4v) is 3.87. The highest BCUT2D eigenvalue weighted by Gasteiger charge is 2.21. The molecule has 0 radical (unpaired) electrons. The minimum Gasteiger partial charge on any atom is -0.451 e. The van der Waals surface area contributed by atoms with Gasteiger partial charge in [-0.05, 0) is 18.6 Å². The highest BCUT2D eigenvalue weighted by molar-refractivity contribution is 7.97. The van der Waals surface area contributed by atoms with Crippen molar-refractivity contribution in [3.05, 3.63) is 71.5 Å². The van der Waals surface area contributed by atoms with Crippen molar-refractivity contribution in [2.45, 2.75) is 24.5 Å². The van der Waals surface area contributed by atoms with Crippen LogP contribution in [0, 0.1) is 0 Å². The number of fused-ring (bicyclic) bond motifs is 1. The van der Waals surface area contributed by atoms with E-state index in [0.29, 0.717) is 18.1 Å². The molecule has 0 aliphatic carbocycles. The number of thioether (sulfide) groups is 1. The maximum absolute atomic E-state index is 12.7. The number of hydrogen-bond donors (Lipinski definition) is 1. The van der Waals surface area contributed by atoms with Gasteiger partial charge in [-0.25, -0.2) is 0 Å². The van der Waals surface area contributed by atoms with E-state index in [-0.39, 0.29) is 11.9 Å². The summed E-state index contributed by atoms with van der Waals surface area (Å²) in [6.07, 6.45) is 0. The van der Waals surface area contributed by atoms with E-state index in [1.54, 1.807) is 18.9 Å². The van der Waals surface area contributed by atoms with Crippen LogP contribution >= 0.6 is 11.8 Å². The van der Waals surface area contributed by atoms with Gasteiger partial charge in [0, 0.05) is 35.6 Å². The lowest BCUT2D eigenvalue weighted by molar-refractivity contribution is 0.0879. The third-order valence-corrected chi connectivity index (χ3v) is 5.09. The molecule has 3 aromatic rings. The number of furan rings is 1. The monoisotopic (exact) mass is 369 g/mol. The zero-order valence-electron chi connectivity index (χ0n) is 15.0. The molecule has 1 N–H and O–H groups in total. The van der Waals surface area contributed by atoms with E-state index in [2.05, 4.69) is 17.4 Å². The minimum absolute atomic E-state index is 0.0782. The van der Waals surface area contributed by atoms with Crippen LogP contribution in [0.4, 0.5) is 0 Å². The van der Waals surface area contributed by atoms with Crippen molar-refractivity contribution in [3.63, 3.8) is 0 Å². The topological polar surface area (TPSA) is 51.5 Å². The van der Waals surface area contributed by atoms with Gasteiger partial charge in [-0.15, -0.1) is 0 Å². The summed E-state index contributed by atoms with van der Waals surface area (Å²) in [4.78, 5) is 12.7. The molecule has 2 aromatic carbocycles. The first-order valence-electron chi connectivity index (χ1n) is 8.61. The molecular weight excluding hydrogens is 346 g/mol. The van der Waals surface area contributed by atoms with Crippen molar-refractivity contribution in [3.8, 4) is 0 Å². The molecule has 0 saturated heterocycles. The quantitative estimate of drug-likeness (QED) is 0.629. The normalized spacial score (nSPS) is 12.2. The molecule has 1 atom stereocenters. The number of ether oxygens (including phenoxy) is 1. The molecule has 1 heterocycles. The van der Waals surface area contributed by atoms with Gasteiger partial charge in [0.1, 0.15) is 5.58 Å². The van der Waals surface area contributed by atoms with Gasteiger partial charge < -0.3 is 14.5 Å². The molecule has 4 nitrogen and oxygen atoms in total. The van der Waals surface area contributed by atoms with Crippen molar-refractivity contribution >= 4 is 28.6 Å². The summed E-state index contributed by atoms with van der Waals surface area (Å²) in [5.74, 6) is 1.81. The van der Waals surface area contributed by atoms with Crippen LogP contribution in [0.3, 0.4) is 0 Å². The van der Waals surface area contributed by atoms with E-state index in [0.717, 1.165) is 22.3 Å². The summed E-state index contributed by atoms with van der Waals surface area (Å²) in [6.45, 7) is 2.37. The zero-order valence-corrected chi connectivity index (χ0v) is 15.8. The predicted molar refractivity (Wildman–Crippen MR) is 106 cm³/mol. The van der Waals surface area contributed by atoms with Gasteiger partial charge in [-0.2, -0.15) is 11.8 Å². The van der Waals surface area contributed by atoms with Gasteiger partial charge in [0.25, 0.3) is 5.91 Å². The third-order valence-electron chi connectivity index (χ3n) is 4.06. The Balaban J connectivity index is 1.79. The fourth-order valence-electron chi connectivity index (χ4n) is 2.85. The lowest BCUT2D eigenvalue weighted by atomic mass is 10.1. The Morgan fingerprint density at radius 3 is 2.62 bits per heavy atom. The summed E-state index contributed by atoms with van der Waals surface area (Å²) in [5.41, 5.74) is 2.96. The predicted octanol–water partition coefficient (Wildman–Crippen LogP) is 4.63. The van der Waals surface area contributed by atoms with Gasteiger partial charge in [-0.1, -0.05) is 48.5 Å². The van der Waals surface area contributed by atoms with Gasteiger partial charge in [0.15, 0.2) is 5.76 Å². The number of carbonyl (C=O) groups is 1. The molecule has 0 unspecified atom stereocenters. The number of benzene rings is 2. The number of para-hydroxylation sites is 1. The second kappa shape index (κ2) is 8.92. The van der Waals surface area contributed by atoms with Crippen molar-refractivity contribution in [1.29, 1.82) is 0 Å². The molecule has 5 heteroatoms.